The predicted molar refractivity (Wildman–Crippen MR) is 103 cm³/mol. The molecule has 0 unspecified atom stereocenters. The molecule has 1 fully saturated rings. The minimum Gasteiger partial charge on any atom is -0.497 e. The highest BCUT2D eigenvalue weighted by molar-refractivity contribution is 5.76. The number of hydrogen-bond donors (Lipinski definition) is 1. The van der Waals surface area contributed by atoms with Crippen molar-refractivity contribution in [3.63, 3.8) is 0 Å². The molecule has 7 heteroatoms. The van der Waals surface area contributed by atoms with Gasteiger partial charge < -0.3 is 19.4 Å². The SMILES string of the molecule is COc1ccc2ncc(=O)n([C@H]3CC[C@H](NC(=O)OC(C)(C)C)CC3)c2c1. The maximum atomic E-state index is 12.5. The molecule has 0 radical (unpaired) electrons. The van der Waals surface area contributed by atoms with Crippen LogP contribution in [0.4, 0.5) is 4.79 Å². The second-order valence-electron chi connectivity index (χ2n) is 7.97. The van der Waals surface area contributed by atoms with E-state index < -0.39 is 5.60 Å². The standard InChI is InChI=1S/C20H27N3O4/c1-20(2,3)27-19(25)22-13-5-7-14(8-6-13)23-17-11-15(26-4)9-10-16(17)21-12-18(23)24/h9-14H,5-8H2,1-4H3,(H,22,25)/t13-,14-. The van der Waals surface area contributed by atoms with Crippen molar-refractivity contribution in [3.05, 3.63) is 34.7 Å². The molecule has 0 aliphatic heterocycles. The summed E-state index contributed by atoms with van der Waals surface area (Å²) >= 11 is 0. The molecule has 1 aromatic carbocycles. The zero-order valence-corrected chi connectivity index (χ0v) is 16.3. The third-order valence-electron chi connectivity index (χ3n) is 4.78. The summed E-state index contributed by atoms with van der Waals surface area (Å²) in [6, 6.07) is 5.70. The molecular formula is C20H27N3O4. The number of benzene rings is 1. The van der Waals surface area contributed by atoms with Crippen LogP contribution >= 0.6 is 0 Å². The van der Waals surface area contributed by atoms with Gasteiger partial charge in [-0.05, 0) is 58.6 Å². The fourth-order valence-electron chi connectivity index (χ4n) is 3.57. The van der Waals surface area contributed by atoms with Crippen molar-refractivity contribution in [1.29, 1.82) is 0 Å². The van der Waals surface area contributed by atoms with Crippen LogP contribution in [0.2, 0.25) is 0 Å². The van der Waals surface area contributed by atoms with Crippen LogP contribution in [0.3, 0.4) is 0 Å². The number of nitrogens with one attached hydrogen (secondary N) is 1. The lowest BCUT2D eigenvalue weighted by Gasteiger charge is -2.31. The van der Waals surface area contributed by atoms with Crippen LogP contribution in [-0.4, -0.2) is 34.4 Å². The van der Waals surface area contributed by atoms with Crippen molar-refractivity contribution >= 4 is 17.1 Å². The highest BCUT2D eigenvalue weighted by atomic mass is 16.6. The Hall–Kier alpha value is -2.57. The molecule has 1 heterocycles. The van der Waals surface area contributed by atoms with Gasteiger partial charge in [-0.15, -0.1) is 0 Å². The topological polar surface area (TPSA) is 82.5 Å². The van der Waals surface area contributed by atoms with Gasteiger partial charge in [-0.1, -0.05) is 0 Å². The van der Waals surface area contributed by atoms with E-state index in [1.54, 1.807) is 7.11 Å². The second-order valence-corrected chi connectivity index (χ2v) is 7.97. The Morgan fingerprint density at radius 3 is 2.56 bits per heavy atom. The largest absolute Gasteiger partial charge is 0.497 e. The third-order valence-corrected chi connectivity index (χ3v) is 4.78. The number of rotatable bonds is 3. The number of methoxy groups -OCH3 is 1. The molecule has 146 valence electrons. The van der Waals surface area contributed by atoms with Crippen LogP contribution < -0.4 is 15.6 Å². The van der Waals surface area contributed by atoms with Crippen LogP contribution in [0.1, 0.15) is 52.5 Å². The zero-order chi connectivity index (χ0) is 19.6. The summed E-state index contributed by atoms with van der Waals surface area (Å²) in [7, 11) is 1.60. The average Bonchev–Trinajstić information content (AvgIpc) is 2.60. The van der Waals surface area contributed by atoms with E-state index in [2.05, 4.69) is 10.3 Å². The number of carbonyl (C=O) groups is 1. The summed E-state index contributed by atoms with van der Waals surface area (Å²) in [4.78, 5) is 28.7. The number of nitrogens with zero attached hydrogens (tertiary/aromatic N) is 2. The third kappa shape index (κ3) is 4.59. The smallest absolute Gasteiger partial charge is 0.407 e. The molecular weight excluding hydrogens is 346 g/mol. The van der Waals surface area contributed by atoms with Crippen molar-refractivity contribution in [2.45, 2.75) is 64.1 Å². The highest BCUT2D eigenvalue weighted by Crippen LogP contribution is 2.30. The number of ether oxygens (including phenoxy) is 2. The highest BCUT2D eigenvalue weighted by Gasteiger charge is 2.27. The van der Waals surface area contributed by atoms with E-state index in [4.69, 9.17) is 9.47 Å². The molecule has 1 aliphatic carbocycles. The summed E-state index contributed by atoms with van der Waals surface area (Å²) in [5.41, 5.74) is 0.929. The molecule has 1 amide bonds. The maximum Gasteiger partial charge on any atom is 0.407 e. The van der Waals surface area contributed by atoms with Crippen LogP contribution in [0.15, 0.2) is 29.2 Å². The lowest BCUT2D eigenvalue weighted by Crippen LogP contribution is -2.41. The monoisotopic (exact) mass is 373 g/mol. The molecule has 2 aromatic rings. The summed E-state index contributed by atoms with van der Waals surface area (Å²) in [6.45, 7) is 5.54. The lowest BCUT2D eigenvalue weighted by atomic mass is 9.91. The number of fused-ring (bicyclic) bond motifs is 1. The van der Waals surface area contributed by atoms with E-state index in [0.29, 0.717) is 5.75 Å². The first kappa shape index (κ1) is 19.2. The number of carbonyl (C=O) groups excluding carboxylic acids is 1. The van der Waals surface area contributed by atoms with Crippen LogP contribution in [0, 0.1) is 0 Å². The van der Waals surface area contributed by atoms with Gasteiger partial charge in [-0.25, -0.2) is 9.78 Å². The van der Waals surface area contributed by atoms with E-state index >= 15 is 0 Å². The Bertz CT molecular complexity index is 877. The predicted octanol–water partition coefficient (Wildman–Crippen LogP) is 3.41. The molecule has 1 saturated carbocycles. The summed E-state index contributed by atoms with van der Waals surface area (Å²) in [5, 5.41) is 2.94. The van der Waals surface area contributed by atoms with Gasteiger partial charge in [0.25, 0.3) is 5.56 Å². The van der Waals surface area contributed by atoms with Crippen molar-refractivity contribution in [1.82, 2.24) is 14.9 Å². The van der Waals surface area contributed by atoms with Gasteiger partial charge in [-0.3, -0.25) is 4.79 Å². The van der Waals surface area contributed by atoms with Gasteiger partial charge in [0.1, 0.15) is 11.4 Å². The molecule has 1 aromatic heterocycles. The molecule has 3 rings (SSSR count). The van der Waals surface area contributed by atoms with Gasteiger partial charge in [0.15, 0.2) is 0 Å². The molecule has 1 aliphatic rings. The molecule has 0 saturated heterocycles. The normalized spacial score (nSPS) is 20.3. The van der Waals surface area contributed by atoms with E-state index in [9.17, 15) is 9.59 Å². The second kappa shape index (κ2) is 7.58. The van der Waals surface area contributed by atoms with Crippen molar-refractivity contribution < 1.29 is 14.3 Å². The minimum atomic E-state index is -0.510. The zero-order valence-electron chi connectivity index (χ0n) is 16.3. The fourth-order valence-corrected chi connectivity index (χ4v) is 3.57. The van der Waals surface area contributed by atoms with E-state index in [0.717, 1.165) is 36.7 Å². The molecule has 0 bridgehead atoms. The molecule has 0 atom stereocenters. The average molecular weight is 373 g/mol. The Balaban J connectivity index is 1.74. The Labute approximate surface area is 158 Å². The first-order chi connectivity index (χ1) is 12.8. The van der Waals surface area contributed by atoms with Gasteiger partial charge in [0, 0.05) is 18.2 Å². The van der Waals surface area contributed by atoms with Crippen molar-refractivity contribution in [2.24, 2.45) is 0 Å². The number of alkyl carbamates (subject to hydrolysis) is 1. The fraction of sp³-hybridized carbons (Fsp3) is 0.550. The lowest BCUT2D eigenvalue weighted by molar-refractivity contribution is 0.0488. The van der Waals surface area contributed by atoms with E-state index in [1.165, 1.54) is 6.20 Å². The molecule has 27 heavy (non-hydrogen) atoms. The number of hydrogen-bond acceptors (Lipinski definition) is 5. The van der Waals surface area contributed by atoms with Gasteiger partial charge in [0.05, 0.1) is 24.3 Å². The van der Waals surface area contributed by atoms with Crippen LogP contribution in [0.5, 0.6) is 5.75 Å². The first-order valence-electron chi connectivity index (χ1n) is 9.31. The summed E-state index contributed by atoms with van der Waals surface area (Å²) in [5.74, 6) is 0.698. The number of amides is 1. The van der Waals surface area contributed by atoms with E-state index in [-0.39, 0.29) is 23.7 Å². The summed E-state index contributed by atoms with van der Waals surface area (Å²) in [6.07, 6.45) is 4.18. The molecule has 7 nitrogen and oxygen atoms in total. The Morgan fingerprint density at radius 2 is 1.93 bits per heavy atom. The van der Waals surface area contributed by atoms with Crippen LogP contribution in [-0.2, 0) is 4.74 Å². The van der Waals surface area contributed by atoms with Crippen molar-refractivity contribution in [3.8, 4) is 5.75 Å². The minimum absolute atomic E-state index is 0.0643. The Kier molecular flexibility index (Phi) is 5.39. The van der Waals surface area contributed by atoms with E-state index in [1.807, 2.05) is 43.5 Å². The summed E-state index contributed by atoms with van der Waals surface area (Å²) < 4.78 is 12.4. The van der Waals surface area contributed by atoms with Gasteiger partial charge >= 0.3 is 6.09 Å². The first-order valence-corrected chi connectivity index (χ1v) is 9.31. The van der Waals surface area contributed by atoms with Crippen molar-refractivity contribution in [2.75, 3.05) is 7.11 Å². The number of aromatic nitrogens is 2. The maximum absolute atomic E-state index is 12.5. The van der Waals surface area contributed by atoms with Gasteiger partial charge in [-0.2, -0.15) is 0 Å². The van der Waals surface area contributed by atoms with Gasteiger partial charge in [0.2, 0.25) is 0 Å². The Morgan fingerprint density at radius 1 is 1.22 bits per heavy atom. The van der Waals surface area contributed by atoms with Crippen LogP contribution in [0.25, 0.3) is 11.0 Å². The molecule has 0 spiro atoms. The quantitative estimate of drug-likeness (QED) is 0.891. The molecule has 1 N–H and O–H groups in total.